The number of rotatable bonds is 6. The van der Waals surface area contributed by atoms with Crippen molar-refractivity contribution in [1.29, 1.82) is 0 Å². The molecule has 2 heterocycles. The summed E-state index contributed by atoms with van der Waals surface area (Å²) in [5.41, 5.74) is 4.48. The Hall–Kier alpha value is -1.69. The molecule has 0 bridgehead atoms. The number of imidazole rings is 1. The molecule has 4 aromatic rings. The predicted octanol–water partition coefficient (Wildman–Crippen LogP) is 5.52. The van der Waals surface area contributed by atoms with Gasteiger partial charge in [-0.25, -0.2) is 4.98 Å². The van der Waals surface area contributed by atoms with Gasteiger partial charge in [-0.05, 0) is 18.6 Å². The summed E-state index contributed by atoms with van der Waals surface area (Å²) in [5, 5.41) is 0.960. The molecular formula is C19H17BrN2OS. The van der Waals surface area contributed by atoms with Crippen molar-refractivity contribution in [3.63, 3.8) is 0 Å². The van der Waals surface area contributed by atoms with E-state index in [-0.39, 0.29) is 0 Å². The summed E-state index contributed by atoms with van der Waals surface area (Å²) in [5.74, 6) is 0. The van der Waals surface area contributed by atoms with Gasteiger partial charge in [0.25, 0.3) is 0 Å². The van der Waals surface area contributed by atoms with Crippen LogP contribution in [-0.2, 0) is 11.3 Å². The second-order valence-corrected chi connectivity index (χ2v) is 7.36. The Morgan fingerprint density at radius 1 is 1.04 bits per heavy atom. The Labute approximate surface area is 153 Å². The van der Waals surface area contributed by atoms with Crippen molar-refractivity contribution < 1.29 is 4.74 Å². The molecule has 4 rings (SSSR count). The first-order chi connectivity index (χ1) is 11.9. The summed E-state index contributed by atoms with van der Waals surface area (Å²) < 4.78 is 9.42. The number of fused-ring (bicyclic) bond motifs is 3. The van der Waals surface area contributed by atoms with Crippen LogP contribution in [0.15, 0.2) is 54.6 Å². The molecule has 122 valence electrons. The molecule has 0 saturated heterocycles. The zero-order valence-corrected chi connectivity index (χ0v) is 15.5. The third-order valence-corrected chi connectivity index (χ3v) is 5.54. The number of hydrogen-bond donors (Lipinski definition) is 0. The number of aromatic nitrogens is 2. The van der Waals surface area contributed by atoms with Crippen molar-refractivity contribution in [2.45, 2.75) is 13.0 Å². The average molecular weight is 401 g/mol. The molecule has 0 amide bonds. The fourth-order valence-electron chi connectivity index (χ4n) is 2.86. The molecule has 0 aliphatic heterocycles. The average Bonchev–Trinajstić information content (AvgIpc) is 3.16. The van der Waals surface area contributed by atoms with Crippen LogP contribution in [0, 0.1) is 0 Å². The number of alkyl halides is 1. The lowest BCUT2D eigenvalue weighted by Gasteiger charge is -2.07. The summed E-state index contributed by atoms with van der Waals surface area (Å²) in [6.07, 6.45) is 1.01. The van der Waals surface area contributed by atoms with E-state index in [0.29, 0.717) is 6.61 Å². The number of ether oxygens (including phenoxy) is 1. The van der Waals surface area contributed by atoms with Gasteiger partial charge in [0.05, 0.1) is 28.2 Å². The summed E-state index contributed by atoms with van der Waals surface area (Å²) in [6.45, 7) is 1.31. The van der Waals surface area contributed by atoms with Crippen LogP contribution in [0.1, 0.15) is 12.1 Å². The van der Waals surface area contributed by atoms with E-state index in [2.05, 4.69) is 68.9 Å². The largest absolute Gasteiger partial charge is 0.375 e. The standard InChI is InChI=1S/C19H17BrN2OS/c20-11-6-12-23-13-16-18(14-7-2-1-3-8-14)21-19-22(16)15-9-4-5-10-17(15)24-19/h1-5,7-10H,6,11-13H2. The fourth-order valence-corrected chi connectivity index (χ4v) is 4.13. The molecule has 5 heteroatoms. The highest BCUT2D eigenvalue weighted by Crippen LogP contribution is 2.33. The Balaban J connectivity index is 1.85. The van der Waals surface area contributed by atoms with Crippen LogP contribution in [0.25, 0.3) is 26.4 Å². The fraction of sp³-hybridized carbons (Fsp3) is 0.211. The highest BCUT2D eigenvalue weighted by molar-refractivity contribution is 9.09. The third kappa shape index (κ3) is 2.88. The third-order valence-electron chi connectivity index (χ3n) is 3.96. The van der Waals surface area contributed by atoms with Gasteiger partial charge >= 0.3 is 0 Å². The number of halogens is 1. The molecule has 0 N–H and O–H groups in total. The van der Waals surface area contributed by atoms with Gasteiger partial charge in [0.2, 0.25) is 0 Å². The molecular weight excluding hydrogens is 384 g/mol. The van der Waals surface area contributed by atoms with Gasteiger partial charge in [-0.2, -0.15) is 0 Å². The molecule has 0 unspecified atom stereocenters. The van der Waals surface area contributed by atoms with E-state index in [1.54, 1.807) is 11.3 Å². The summed E-state index contributed by atoms with van der Waals surface area (Å²) in [7, 11) is 0. The Morgan fingerprint density at radius 2 is 1.83 bits per heavy atom. The normalized spacial score (nSPS) is 11.5. The highest BCUT2D eigenvalue weighted by atomic mass is 79.9. The maximum Gasteiger partial charge on any atom is 0.195 e. The zero-order chi connectivity index (χ0) is 16.4. The SMILES string of the molecule is BrCCCOCc1c(-c2ccccc2)nc2sc3ccccc3n12. The van der Waals surface area contributed by atoms with Gasteiger partial charge in [-0.3, -0.25) is 4.40 Å². The Bertz CT molecular complexity index is 961. The van der Waals surface area contributed by atoms with E-state index in [9.17, 15) is 0 Å². The van der Waals surface area contributed by atoms with E-state index in [1.807, 2.05) is 6.07 Å². The van der Waals surface area contributed by atoms with Crippen LogP contribution in [-0.4, -0.2) is 21.3 Å². The number of thiazole rings is 1. The van der Waals surface area contributed by atoms with E-state index in [1.165, 1.54) is 10.2 Å². The van der Waals surface area contributed by atoms with Gasteiger partial charge in [-0.15, -0.1) is 0 Å². The van der Waals surface area contributed by atoms with Crippen LogP contribution >= 0.6 is 27.3 Å². The predicted molar refractivity (Wildman–Crippen MR) is 104 cm³/mol. The minimum absolute atomic E-state index is 0.569. The molecule has 0 aliphatic rings. The van der Waals surface area contributed by atoms with Crippen LogP contribution < -0.4 is 0 Å². The van der Waals surface area contributed by atoms with Gasteiger partial charge in [0, 0.05) is 17.5 Å². The van der Waals surface area contributed by atoms with Crippen LogP contribution in [0.4, 0.5) is 0 Å². The minimum Gasteiger partial charge on any atom is -0.375 e. The van der Waals surface area contributed by atoms with Crippen molar-refractivity contribution in [3.05, 3.63) is 60.3 Å². The quantitative estimate of drug-likeness (QED) is 0.314. The molecule has 0 radical (unpaired) electrons. The minimum atomic E-state index is 0.569. The molecule has 24 heavy (non-hydrogen) atoms. The monoisotopic (exact) mass is 400 g/mol. The van der Waals surface area contributed by atoms with Gasteiger partial charge < -0.3 is 4.74 Å². The van der Waals surface area contributed by atoms with Crippen LogP contribution in [0.5, 0.6) is 0 Å². The van der Waals surface area contributed by atoms with E-state index >= 15 is 0 Å². The smallest absolute Gasteiger partial charge is 0.195 e. The Kier molecular flexibility index (Phi) is 4.65. The van der Waals surface area contributed by atoms with Crippen molar-refractivity contribution in [2.75, 3.05) is 11.9 Å². The lowest BCUT2D eigenvalue weighted by atomic mass is 10.1. The topological polar surface area (TPSA) is 26.5 Å². The second kappa shape index (κ2) is 7.05. The summed E-state index contributed by atoms with van der Waals surface area (Å²) in [4.78, 5) is 5.93. The molecule has 2 aromatic heterocycles. The summed E-state index contributed by atoms with van der Waals surface area (Å²) in [6, 6.07) is 18.8. The Morgan fingerprint density at radius 3 is 2.67 bits per heavy atom. The maximum absolute atomic E-state index is 5.92. The first kappa shape index (κ1) is 15.8. The molecule has 0 fully saturated rings. The lowest BCUT2D eigenvalue weighted by Crippen LogP contribution is -2.00. The molecule has 0 atom stereocenters. The van der Waals surface area contributed by atoms with Gasteiger partial charge in [-0.1, -0.05) is 69.7 Å². The number of nitrogens with zero attached hydrogens (tertiary/aromatic N) is 2. The molecule has 3 nitrogen and oxygen atoms in total. The maximum atomic E-state index is 5.92. The highest BCUT2D eigenvalue weighted by Gasteiger charge is 2.18. The van der Waals surface area contributed by atoms with Gasteiger partial charge in [0.15, 0.2) is 4.96 Å². The second-order valence-electron chi connectivity index (χ2n) is 5.56. The van der Waals surface area contributed by atoms with Crippen molar-refractivity contribution in [2.24, 2.45) is 0 Å². The van der Waals surface area contributed by atoms with E-state index in [0.717, 1.165) is 40.3 Å². The molecule has 0 saturated carbocycles. The van der Waals surface area contributed by atoms with E-state index in [4.69, 9.17) is 9.72 Å². The number of hydrogen-bond acceptors (Lipinski definition) is 3. The number of para-hydroxylation sites is 1. The van der Waals surface area contributed by atoms with Crippen LogP contribution in [0.3, 0.4) is 0 Å². The van der Waals surface area contributed by atoms with Crippen molar-refractivity contribution >= 4 is 42.4 Å². The summed E-state index contributed by atoms with van der Waals surface area (Å²) >= 11 is 5.17. The lowest BCUT2D eigenvalue weighted by molar-refractivity contribution is 0.120. The van der Waals surface area contributed by atoms with Crippen LogP contribution in [0.2, 0.25) is 0 Å². The molecule has 0 spiro atoms. The first-order valence-electron chi connectivity index (χ1n) is 7.96. The van der Waals surface area contributed by atoms with Crippen molar-refractivity contribution in [3.8, 4) is 11.3 Å². The van der Waals surface area contributed by atoms with E-state index < -0.39 is 0 Å². The molecule has 0 aliphatic carbocycles. The number of benzene rings is 2. The van der Waals surface area contributed by atoms with Gasteiger partial charge in [0.1, 0.15) is 0 Å². The first-order valence-corrected chi connectivity index (χ1v) is 9.90. The van der Waals surface area contributed by atoms with Crippen molar-refractivity contribution in [1.82, 2.24) is 9.38 Å². The zero-order valence-electron chi connectivity index (χ0n) is 13.1. The molecule has 2 aromatic carbocycles.